The number of primary amides is 1. The van der Waals surface area contributed by atoms with E-state index in [1.165, 1.54) is 34.4 Å². The molecule has 5 N–H and O–H groups in total. The first-order valence-electron chi connectivity index (χ1n) is 20.2. The lowest BCUT2D eigenvalue weighted by molar-refractivity contribution is -0.138. The summed E-state index contributed by atoms with van der Waals surface area (Å²) in [6, 6.07) is 8.69. The molecule has 3 unspecified atom stereocenters. The van der Waals surface area contributed by atoms with Crippen molar-refractivity contribution in [1.29, 1.82) is 0 Å². The van der Waals surface area contributed by atoms with Gasteiger partial charge in [0.1, 0.15) is 11.9 Å². The minimum absolute atomic E-state index is 0.0761. The second-order valence-corrected chi connectivity index (χ2v) is 18.1. The number of likely N-dealkylation sites (tertiary alicyclic amines) is 1. The van der Waals surface area contributed by atoms with Gasteiger partial charge in [0, 0.05) is 31.7 Å². The van der Waals surface area contributed by atoms with E-state index < -0.39 is 51.5 Å². The smallest absolute Gasteiger partial charge is 0.416 e. The molecular weight excluding hydrogens is 827 g/mol. The number of halogens is 4. The lowest BCUT2D eigenvalue weighted by Gasteiger charge is -2.21. The van der Waals surface area contributed by atoms with Gasteiger partial charge < -0.3 is 25.8 Å². The predicted octanol–water partition coefficient (Wildman–Crippen LogP) is 6.35. The molecule has 0 aromatic heterocycles. The number of sulfonamides is 1. The van der Waals surface area contributed by atoms with Crippen molar-refractivity contribution < 1.29 is 59.8 Å². The number of nitrogens with one attached hydrogen (secondary N) is 2. The Labute approximate surface area is 356 Å². The van der Waals surface area contributed by atoms with Gasteiger partial charge in [-0.1, -0.05) is 90.1 Å². The molecule has 2 aromatic rings. The molecule has 3 aliphatic rings. The van der Waals surface area contributed by atoms with E-state index in [0.717, 1.165) is 62.8 Å². The summed E-state index contributed by atoms with van der Waals surface area (Å²) in [5.41, 5.74) is 5.36. The van der Waals surface area contributed by atoms with Gasteiger partial charge >= 0.3 is 12.3 Å². The third-order valence-corrected chi connectivity index (χ3v) is 11.1. The first kappa shape index (κ1) is 52.4. The Morgan fingerprint density at radius 3 is 2.23 bits per heavy atom. The van der Waals surface area contributed by atoms with Crippen molar-refractivity contribution in [3.8, 4) is 0 Å². The van der Waals surface area contributed by atoms with Crippen LogP contribution in [0.25, 0.3) is 0 Å². The number of fused-ring (bicyclic) bond motifs is 1. The third-order valence-electron chi connectivity index (χ3n) is 9.87. The lowest BCUT2D eigenvalue weighted by Crippen LogP contribution is -2.46. The van der Waals surface area contributed by atoms with Crippen LogP contribution >= 0.6 is 0 Å². The van der Waals surface area contributed by atoms with Crippen LogP contribution in [0.2, 0.25) is 0 Å². The van der Waals surface area contributed by atoms with Crippen LogP contribution in [0.3, 0.4) is 0 Å². The average Bonchev–Trinajstić information content (AvgIpc) is 3.53. The molecule has 1 saturated carbocycles. The highest BCUT2D eigenvalue weighted by Crippen LogP contribution is 2.43. The fraction of sp³-hybridized carbons (Fsp3) is 0.595. The highest BCUT2D eigenvalue weighted by molar-refractivity contribution is 7.89. The number of carbonyl (C=O) groups is 5. The van der Waals surface area contributed by atoms with Crippen molar-refractivity contribution in [3.63, 3.8) is 0 Å². The Kier molecular flexibility index (Phi) is 21.1. The number of ether oxygens (including phenoxy) is 1. The summed E-state index contributed by atoms with van der Waals surface area (Å²) in [6.45, 7) is 10.3. The average molecular weight is 888 g/mol. The van der Waals surface area contributed by atoms with Gasteiger partial charge in [0.2, 0.25) is 34.2 Å². The Morgan fingerprint density at radius 2 is 1.67 bits per heavy atom. The maximum atomic E-state index is 13.1. The van der Waals surface area contributed by atoms with Crippen molar-refractivity contribution in [2.45, 2.75) is 117 Å². The minimum atomic E-state index is -4.64. The van der Waals surface area contributed by atoms with Gasteiger partial charge in [0.15, 0.2) is 0 Å². The lowest BCUT2D eigenvalue weighted by atomic mass is 9.99. The largest absolute Gasteiger partial charge is 0.465 e. The SMILES string of the molecule is CCCCCCCC1CC1C(=O)NS(=O)(=O)Cc1ccccc1C(F)(F)F.COCC(C)(C)C.NC(=O)C1CCCN1C(=O)CNC=O.O=C(O)N1Cc2cccc(F)c2C1. The molecule has 5 rings (SSSR count). The molecule has 2 aromatic carbocycles. The number of hydrogen-bond donors (Lipinski definition) is 4. The van der Waals surface area contributed by atoms with Gasteiger partial charge in [-0.3, -0.25) is 28.8 Å². The van der Waals surface area contributed by atoms with E-state index in [1.54, 1.807) is 19.2 Å². The summed E-state index contributed by atoms with van der Waals surface area (Å²) in [4.78, 5) is 57.6. The molecular formula is C42H61F4N5O9S. The Hall–Kier alpha value is -4.78. The zero-order valence-corrected chi connectivity index (χ0v) is 36.4. The Balaban J connectivity index is 0.000000315. The number of rotatable bonds is 15. The maximum absolute atomic E-state index is 13.1. The van der Waals surface area contributed by atoms with Crippen LogP contribution in [0.15, 0.2) is 42.5 Å². The molecule has 5 amide bonds. The highest BCUT2D eigenvalue weighted by atomic mass is 32.2. The fourth-order valence-electron chi connectivity index (χ4n) is 6.83. The van der Waals surface area contributed by atoms with E-state index in [4.69, 9.17) is 15.6 Å². The minimum Gasteiger partial charge on any atom is -0.465 e. The molecule has 2 fully saturated rings. The Morgan fingerprint density at radius 1 is 1.00 bits per heavy atom. The summed E-state index contributed by atoms with van der Waals surface area (Å²) >= 11 is 0. The zero-order chi connectivity index (χ0) is 46.0. The van der Waals surface area contributed by atoms with Crippen molar-refractivity contribution in [3.05, 3.63) is 70.5 Å². The molecule has 1 saturated heterocycles. The molecule has 2 aliphatic heterocycles. The monoisotopic (exact) mass is 887 g/mol. The molecule has 19 heteroatoms. The van der Waals surface area contributed by atoms with Crippen LogP contribution in [0.5, 0.6) is 0 Å². The van der Waals surface area contributed by atoms with Crippen LogP contribution in [0, 0.1) is 23.1 Å². The van der Waals surface area contributed by atoms with Crippen LogP contribution in [-0.2, 0) is 59.0 Å². The summed E-state index contributed by atoms with van der Waals surface area (Å²) in [7, 11) is -2.45. The zero-order valence-electron chi connectivity index (χ0n) is 35.6. The number of benzene rings is 2. The second-order valence-electron chi connectivity index (χ2n) is 16.3. The molecule has 2 heterocycles. The quantitative estimate of drug-likeness (QED) is 0.0892. The van der Waals surface area contributed by atoms with E-state index in [0.29, 0.717) is 43.3 Å². The van der Waals surface area contributed by atoms with E-state index in [2.05, 4.69) is 33.0 Å². The van der Waals surface area contributed by atoms with Crippen molar-refractivity contribution >= 4 is 40.2 Å². The Bertz CT molecular complexity index is 1880. The maximum Gasteiger partial charge on any atom is 0.416 e. The number of nitrogens with two attached hydrogens (primary N) is 1. The van der Waals surface area contributed by atoms with Crippen LogP contribution in [0.1, 0.15) is 108 Å². The topological polar surface area (TPSA) is 206 Å². The molecule has 14 nitrogen and oxygen atoms in total. The van der Waals surface area contributed by atoms with Gasteiger partial charge in [-0.2, -0.15) is 13.2 Å². The van der Waals surface area contributed by atoms with Gasteiger partial charge in [0.05, 0.1) is 31.0 Å². The number of hydrogen-bond acceptors (Lipinski definition) is 8. The molecule has 342 valence electrons. The number of carbonyl (C=O) groups excluding carboxylic acids is 4. The number of nitrogens with zero attached hydrogens (tertiary/aromatic N) is 2. The molecule has 0 bridgehead atoms. The molecule has 0 radical (unpaired) electrons. The van der Waals surface area contributed by atoms with Gasteiger partial charge in [-0.05, 0) is 60.3 Å². The van der Waals surface area contributed by atoms with Crippen LogP contribution in [0.4, 0.5) is 22.4 Å². The van der Waals surface area contributed by atoms with Crippen LogP contribution < -0.4 is 15.8 Å². The van der Waals surface area contributed by atoms with Crippen molar-refractivity contribution in [1.82, 2.24) is 19.8 Å². The third kappa shape index (κ3) is 18.8. The standard InChI is InChI=1S/C19H26F3NO3S.C9H8FNO2.C8H13N3O3.C6H14O/c1-2-3-4-5-6-9-14-12-16(14)18(24)23-27(25,26)13-15-10-7-8-11-17(15)19(20,21)22;10-8-3-1-2-6-4-11(9(12)13)5-7(6)8;9-8(14)6-2-1-3-11(6)7(13)4-10-5-12;1-6(2,3)5-7-4/h7-8,10-11,14,16H,2-6,9,12-13H2,1H3,(H,23,24);1-3H,4-5H2,(H,12,13);5-6H,1-4H2,(H2,9,14)(H,10,12);5H2,1-4H3. The number of amides is 5. The van der Waals surface area contributed by atoms with E-state index in [-0.39, 0.29) is 42.2 Å². The van der Waals surface area contributed by atoms with Gasteiger partial charge in [-0.15, -0.1) is 0 Å². The molecule has 1 aliphatic carbocycles. The highest BCUT2D eigenvalue weighted by Gasteiger charge is 2.43. The van der Waals surface area contributed by atoms with E-state index >= 15 is 0 Å². The summed E-state index contributed by atoms with van der Waals surface area (Å²) < 4.78 is 83.3. The van der Waals surface area contributed by atoms with Crippen molar-refractivity contribution in [2.75, 3.05) is 26.8 Å². The predicted molar refractivity (Wildman–Crippen MR) is 220 cm³/mol. The van der Waals surface area contributed by atoms with Crippen molar-refractivity contribution in [2.24, 2.45) is 23.0 Å². The number of carboxylic acid groups (broad SMARTS) is 1. The fourth-order valence-corrected chi connectivity index (χ4v) is 8.02. The van der Waals surface area contributed by atoms with Gasteiger partial charge in [-0.25, -0.2) is 17.6 Å². The first-order valence-corrected chi connectivity index (χ1v) is 21.9. The number of methoxy groups -OCH3 is 1. The summed E-state index contributed by atoms with van der Waals surface area (Å²) in [5, 5.41) is 10.9. The summed E-state index contributed by atoms with van der Waals surface area (Å²) in [5.74, 6) is -2.70. The molecule has 61 heavy (non-hydrogen) atoms. The van der Waals surface area contributed by atoms with Gasteiger partial charge in [0.25, 0.3) is 0 Å². The number of alkyl halides is 3. The first-order chi connectivity index (χ1) is 28.5. The number of unbranched alkanes of at least 4 members (excludes halogenated alkanes) is 4. The second kappa shape index (κ2) is 24.6. The molecule has 0 spiro atoms. The van der Waals surface area contributed by atoms with Crippen LogP contribution in [-0.4, -0.2) is 86.4 Å². The van der Waals surface area contributed by atoms with E-state index in [9.17, 15) is 50.0 Å². The normalized spacial score (nSPS) is 17.9. The molecule has 3 atom stereocenters. The van der Waals surface area contributed by atoms with E-state index in [1.807, 2.05) is 4.72 Å². The summed E-state index contributed by atoms with van der Waals surface area (Å²) in [6.07, 6.45) is 3.35.